The van der Waals surface area contributed by atoms with E-state index in [9.17, 15) is 13.2 Å². The van der Waals surface area contributed by atoms with Crippen LogP contribution < -0.4 is 5.32 Å². The second-order valence-corrected chi connectivity index (χ2v) is 9.42. The third-order valence-electron chi connectivity index (χ3n) is 4.96. The summed E-state index contributed by atoms with van der Waals surface area (Å²) in [5.41, 5.74) is 1.62. The number of sulfone groups is 1. The first-order valence-corrected chi connectivity index (χ1v) is 10.7. The molecular weight excluding hydrogens is 370 g/mol. The van der Waals surface area contributed by atoms with Gasteiger partial charge in [-0.15, -0.1) is 0 Å². The second kappa shape index (κ2) is 7.41. The van der Waals surface area contributed by atoms with Gasteiger partial charge in [0.25, 0.3) is 0 Å². The number of benzene rings is 2. The van der Waals surface area contributed by atoms with Gasteiger partial charge in [0, 0.05) is 11.4 Å². The van der Waals surface area contributed by atoms with Crippen LogP contribution in [0.5, 0.6) is 0 Å². The number of hydrogen-bond donors (Lipinski definition) is 1. The van der Waals surface area contributed by atoms with Crippen LogP contribution >= 0.6 is 11.6 Å². The molecule has 0 spiro atoms. The van der Waals surface area contributed by atoms with Gasteiger partial charge in [0.2, 0.25) is 5.91 Å². The first kappa shape index (κ1) is 18.9. The monoisotopic (exact) mass is 391 g/mol. The summed E-state index contributed by atoms with van der Waals surface area (Å²) in [5.74, 6) is -0.436. The molecule has 1 N–H and O–H groups in total. The fourth-order valence-electron chi connectivity index (χ4n) is 3.20. The number of hydrogen-bond acceptors (Lipinski definition) is 3. The highest BCUT2D eigenvalue weighted by atomic mass is 35.5. The summed E-state index contributed by atoms with van der Waals surface area (Å²) in [6.45, 7) is 1.90. The molecule has 0 radical (unpaired) electrons. The van der Waals surface area contributed by atoms with E-state index in [0.29, 0.717) is 5.02 Å². The van der Waals surface area contributed by atoms with Crippen molar-refractivity contribution in [1.29, 1.82) is 0 Å². The van der Waals surface area contributed by atoms with Crippen LogP contribution in [0, 0.1) is 6.92 Å². The molecule has 3 rings (SSSR count). The Morgan fingerprint density at radius 3 is 2.23 bits per heavy atom. The minimum absolute atomic E-state index is 0.0501. The Labute approximate surface area is 159 Å². The summed E-state index contributed by atoms with van der Waals surface area (Å²) in [7, 11) is -3.46. The van der Waals surface area contributed by atoms with Gasteiger partial charge in [-0.05, 0) is 56.0 Å². The number of aryl methyl sites for hydroxylation is 1. The minimum Gasteiger partial charge on any atom is -0.347 e. The first-order chi connectivity index (χ1) is 12.3. The molecule has 1 aliphatic rings. The minimum atomic E-state index is -3.46. The molecule has 1 aliphatic carbocycles. The van der Waals surface area contributed by atoms with Crippen LogP contribution in [0.2, 0.25) is 5.02 Å². The zero-order valence-electron chi connectivity index (χ0n) is 14.7. The van der Waals surface area contributed by atoms with Crippen LogP contribution in [-0.2, 0) is 20.2 Å². The molecule has 0 atom stereocenters. The van der Waals surface area contributed by atoms with Crippen LogP contribution in [0.1, 0.15) is 36.8 Å². The highest BCUT2D eigenvalue weighted by Gasteiger charge is 2.40. The maximum Gasteiger partial charge on any atom is 0.221 e. The van der Waals surface area contributed by atoms with Crippen LogP contribution in [0.25, 0.3) is 0 Å². The Balaban J connectivity index is 1.64. The van der Waals surface area contributed by atoms with Gasteiger partial charge in [0.1, 0.15) is 0 Å². The van der Waals surface area contributed by atoms with E-state index in [-0.39, 0.29) is 23.0 Å². The van der Waals surface area contributed by atoms with E-state index in [1.165, 1.54) is 0 Å². The zero-order valence-corrected chi connectivity index (χ0v) is 16.2. The van der Waals surface area contributed by atoms with Gasteiger partial charge in [-0.1, -0.05) is 41.4 Å². The summed E-state index contributed by atoms with van der Waals surface area (Å²) in [4.78, 5) is 12.7. The van der Waals surface area contributed by atoms with Crippen LogP contribution in [0.15, 0.2) is 53.4 Å². The Morgan fingerprint density at radius 1 is 1.08 bits per heavy atom. The lowest BCUT2D eigenvalue weighted by molar-refractivity contribution is -0.124. The molecule has 26 heavy (non-hydrogen) atoms. The fraction of sp³-hybridized carbons (Fsp3) is 0.350. The maximum absolute atomic E-state index is 12.4. The van der Waals surface area contributed by atoms with E-state index in [2.05, 4.69) is 5.32 Å². The van der Waals surface area contributed by atoms with Gasteiger partial charge in [-0.2, -0.15) is 0 Å². The molecule has 6 heteroatoms. The molecule has 0 aliphatic heterocycles. The van der Waals surface area contributed by atoms with Crippen molar-refractivity contribution in [2.75, 3.05) is 5.75 Å². The smallest absolute Gasteiger partial charge is 0.221 e. The van der Waals surface area contributed by atoms with Crippen LogP contribution in [0.3, 0.4) is 0 Å². The molecule has 2 aromatic carbocycles. The van der Waals surface area contributed by atoms with Crippen molar-refractivity contribution in [3.63, 3.8) is 0 Å². The highest BCUT2D eigenvalue weighted by Crippen LogP contribution is 2.41. The Morgan fingerprint density at radius 2 is 1.69 bits per heavy atom. The van der Waals surface area contributed by atoms with Crippen LogP contribution in [0.4, 0.5) is 0 Å². The Hall–Kier alpha value is -1.85. The number of carbonyl (C=O) groups excluding carboxylic acids is 1. The molecule has 0 heterocycles. The summed E-state index contributed by atoms with van der Waals surface area (Å²) < 4.78 is 24.8. The number of amides is 1. The third kappa shape index (κ3) is 4.10. The van der Waals surface area contributed by atoms with E-state index < -0.39 is 15.4 Å². The largest absolute Gasteiger partial charge is 0.347 e. The average Bonchev–Trinajstić information content (AvgIpc) is 2.58. The second-order valence-electron chi connectivity index (χ2n) is 6.87. The van der Waals surface area contributed by atoms with Gasteiger partial charge in [0.15, 0.2) is 9.84 Å². The number of carbonyl (C=O) groups is 1. The molecule has 138 valence electrons. The number of rotatable bonds is 6. The van der Waals surface area contributed by atoms with E-state index >= 15 is 0 Å². The molecule has 1 fully saturated rings. The summed E-state index contributed by atoms with van der Waals surface area (Å²) in [5, 5.41) is 3.70. The van der Waals surface area contributed by atoms with Crippen molar-refractivity contribution in [1.82, 2.24) is 5.32 Å². The quantitative estimate of drug-likeness (QED) is 0.809. The number of nitrogens with one attached hydrogen (secondary N) is 1. The predicted octanol–water partition coefficient (Wildman–Crippen LogP) is 4.01. The van der Waals surface area contributed by atoms with Gasteiger partial charge in [-0.3, -0.25) is 4.79 Å². The molecule has 0 aromatic heterocycles. The molecular formula is C20H22ClNO3S. The maximum atomic E-state index is 12.4. The molecule has 4 nitrogen and oxygen atoms in total. The molecule has 0 bridgehead atoms. The fourth-order valence-corrected chi connectivity index (χ4v) is 4.57. The van der Waals surface area contributed by atoms with Crippen molar-refractivity contribution in [2.24, 2.45) is 0 Å². The van der Waals surface area contributed by atoms with Gasteiger partial charge >= 0.3 is 0 Å². The van der Waals surface area contributed by atoms with Crippen molar-refractivity contribution < 1.29 is 13.2 Å². The summed E-state index contributed by atoms with van der Waals surface area (Å²) in [6.07, 6.45) is 2.69. The lowest BCUT2D eigenvalue weighted by Gasteiger charge is -2.43. The summed E-state index contributed by atoms with van der Waals surface area (Å²) in [6, 6.07) is 14.2. The van der Waals surface area contributed by atoms with Crippen LogP contribution in [-0.4, -0.2) is 20.1 Å². The molecule has 0 saturated heterocycles. The number of halogens is 1. The molecule has 1 amide bonds. The molecule has 1 saturated carbocycles. The van der Waals surface area contributed by atoms with Crippen molar-refractivity contribution in [3.05, 3.63) is 64.7 Å². The van der Waals surface area contributed by atoms with Gasteiger partial charge in [-0.25, -0.2) is 8.42 Å². The summed E-state index contributed by atoms with van der Waals surface area (Å²) >= 11 is 5.94. The van der Waals surface area contributed by atoms with E-state index in [4.69, 9.17) is 11.6 Å². The Kier molecular flexibility index (Phi) is 5.39. The van der Waals surface area contributed by atoms with E-state index in [0.717, 1.165) is 30.4 Å². The average molecular weight is 392 g/mol. The molecule has 2 aromatic rings. The standard InChI is InChI=1S/C20H22ClNO3S/c1-15-3-9-18(10-4-15)26(24,25)14-11-19(23)22-20(12-2-13-20)16-5-7-17(21)8-6-16/h3-10H,2,11-14H2,1H3,(H,22,23). The lowest BCUT2D eigenvalue weighted by atomic mass is 9.71. The van der Waals surface area contributed by atoms with Gasteiger partial charge < -0.3 is 5.32 Å². The zero-order chi connectivity index (χ0) is 18.8. The Bertz CT molecular complexity index is 886. The topological polar surface area (TPSA) is 63.2 Å². The SMILES string of the molecule is Cc1ccc(S(=O)(=O)CCC(=O)NC2(c3ccc(Cl)cc3)CCC2)cc1. The van der Waals surface area contributed by atoms with Crippen molar-refractivity contribution in [2.45, 2.75) is 43.0 Å². The highest BCUT2D eigenvalue weighted by molar-refractivity contribution is 7.91. The van der Waals surface area contributed by atoms with Crippen molar-refractivity contribution in [3.8, 4) is 0 Å². The predicted molar refractivity (Wildman–Crippen MR) is 103 cm³/mol. The normalized spacial score (nSPS) is 15.9. The van der Waals surface area contributed by atoms with Gasteiger partial charge in [0.05, 0.1) is 16.2 Å². The van der Waals surface area contributed by atoms with Crippen molar-refractivity contribution >= 4 is 27.3 Å². The lowest BCUT2D eigenvalue weighted by Crippen LogP contribution is -2.51. The van der Waals surface area contributed by atoms with E-state index in [1.807, 2.05) is 31.2 Å². The first-order valence-electron chi connectivity index (χ1n) is 8.67. The van der Waals surface area contributed by atoms with E-state index in [1.54, 1.807) is 24.3 Å². The third-order valence-corrected chi connectivity index (χ3v) is 6.94. The molecule has 0 unspecified atom stereocenters.